The zero-order valence-corrected chi connectivity index (χ0v) is 29.2. The third-order valence-electron chi connectivity index (χ3n) is 4.55. The molecule has 0 fully saturated rings. The number of rotatable bonds is 15. The summed E-state index contributed by atoms with van der Waals surface area (Å²) in [5.41, 5.74) is 15.2. The predicted molar refractivity (Wildman–Crippen MR) is 175 cm³/mol. The minimum Gasteiger partial charge on any atom is -0.481 e. The van der Waals surface area contributed by atoms with Gasteiger partial charge in [-0.1, -0.05) is 0 Å². The fraction of sp³-hybridized carbons (Fsp3) is 0.615. The SMILES string of the molecule is CCOC(=O)CN(C)C(=N)N.CCOC(=O)CN(C)C(=N)N.CCOC(=O)CN(C)C(=N)N.O=C(O)CC(O)C(=O)O.O=C(O)CC(O)C(=O)O. The van der Waals surface area contributed by atoms with Gasteiger partial charge in [0.15, 0.2) is 30.1 Å². The number of guanidine groups is 3. The molecule has 0 aromatic heterocycles. The van der Waals surface area contributed by atoms with Crippen LogP contribution < -0.4 is 17.2 Å². The number of aliphatic carboxylic acids is 4. The first-order valence-corrected chi connectivity index (χ1v) is 14.2. The van der Waals surface area contributed by atoms with E-state index >= 15 is 0 Å². The van der Waals surface area contributed by atoms with E-state index in [-0.39, 0.29) is 55.4 Å². The minimum atomic E-state index is -1.79. The van der Waals surface area contributed by atoms with Gasteiger partial charge in [0.1, 0.15) is 19.6 Å². The number of aliphatic hydroxyl groups is 2. The van der Waals surface area contributed by atoms with Gasteiger partial charge in [-0.05, 0) is 20.8 Å². The van der Waals surface area contributed by atoms with Crippen molar-refractivity contribution in [2.75, 3.05) is 60.6 Å². The second kappa shape index (κ2) is 32.6. The largest absolute Gasteiger partial charge is 0.481 e. The summed E-state index contributed by atoms with van der Waals surface area (Å²) in [7, 11) is 4.66. The highest BCUT2D eigenvalue weighted by molar-refractivity contribution is 5.82. The Morgan fingerprint density at radius 2 is 0.725 bits per heavy atom. The predicted octanol–water partition coefficient (Wildman–Crippen LogP) is -4.06. The molecule has 25 nitrogen and oxygen atoms in total. The van der Waals surface area contributed by atoms with Crippen LogP contribution in [0.3, 0.4) is 0 Å². The number of carbonyl (C=O) groups is 7. The number of ether oxygens (including phenoxy) is 3. The van der Waals surface area contributed by atoms with Crippen LogP contribution in [0.1, 0.15) is 33.6 Å². The molecule has 0 aromatic rings. The molecule has 296 valence electrons. The van der Waals surface area contributed by atoms with Gasteiger partial charge in [-0.15, -0.1) is 0 Å². The Balaban J connectivity index is -0.000000173. The van der Waals surface area contributed by atoms with Gasteiger partial charge in [-0.3, -0.25) is 40.2 Å². The fourth-order valence-electron chi connectivity index (χ4n) is 1.96. The average Bonchev–Trinajstić information content (AvgIpc) is 2.97. The second-order valence-electron chi connectivity index (χ2n) is 9.04. The molecule has 0 aliphatic carbocycles. The summed E-state index contributed by atoms with van der Waals surface area (Å²) in [5.74, 6) is -7.22. The van der Waals surface area contributed by atoms with Crippen LogP contribution in [0.4, 0.5) is 0 Å². The lowest BCUT2D eigenvalue weighted by molar-refractivity contribution is -0.153. The Kier molecular flexibility index (Phi) is 34.8. The normalized spacial score (nSPS) is 10.2. The summed E-state index contributed by atoms with van der Waals surface area (Å²) in [4.78, 5) is 75.0. The number of carbonyl (C=O) groups excluding carboxylic acids is 3. The van der Waals surface area contributed by atoms with Gasteiger partial charge >= 0.3 is 41.8 Å². The molecule has 0 radical (unpaired) electrons. The van der Waals surface area contributed by atoms with Crippen LogP contribution in [-0.2, 0) is 47.8 Å². The van der Waals surface area contributed by atoms with Gasteiger partial charge in [-0.2, -0.15) is 0 Å². The Hall–Kier alpha value is -5.98. The number of carboxylic acids is 4. The van der Waals surface area contributed by atoms with E-state index in [1.165, 1.54) is 14.7 Å². The zero-order chi connectivity index (χ0) is 41.4. The Labute approximate surface area is 292 Å². The van der Waals surface area contributed by atoms with Crippen LogP contribution in [-0.4, -0.2) is 178 Å². The Bertz CT molecular complexity index is 1020. The first-order valence-electron chi connectivity index (χ1n) is 14.2. The molecule has 0 saturated heterocycles. The molecule has 2 atom stereocenters. The van der Waals surface area contributed by atoms with Gasteiger partial charge in [0, 0.05) is 21.1 Å². The fourth-order valence-corrected chi connectivity index (χ4v) is 1.96. The van der Waals surface area contributed by atoms with Gasteiger partial charge in [0.05, 0.1) is 32.7 Å². The van der Waals surface area contributed by atoms with Crippen molar-refractivity contribution in [1.82, 2.24) is 14.7 Å². The highest BCUT2D eigenvalue weighted by Gasteiger charge is 2.17. The summed E-state index contributed by atoms with van der Waals surface area (Å²) < 4.78 is 13.9. The molecule has 0 amide bonds. The Morgan fingerprint density at radius 1 is 0.529 bits per heavy atom. The highest BCUT2D eigenvalue weighted by atomic mass is 16.5. The van der Waals surface area contributed by atoms with Crippen LogP contribution in [0.25, 0.3) is 0 Å². The lowest BCUT2D eigenvalue weighted by atomic mass is 10.3. The van der Waals surface area contributed by atoms with E-state index in [1.807, 2.05) is 0 Å². The van der Waals surface area contributed by atoms with Crippen molar-refractivity contribution in [1.29, 1.82) is 16.2 Å². The van der Waals surface area contributed by atoms with Crippen LogP contribution in [0.15, 0.2) is 0 Å². The zero-order valence-electron chi connectivity index (χ0n) is 29.2. The number of likely N-dealkylation sites (N-methyl/N-ethyl adjacent to an activating group) is 3. The molecule has 0 spiro atoms. The number of nitrogens with one attached hydrogen (secondary N) is 3. The van der Waals surface area contributed by atoms with E-state index in [9.17, 15) is 33.6 Å². The maximum absolute atomic E-state index is 10.7. The van der Waals surface area contributed by atoms with Crippen molar-refractivity contribution in [3.8, 4) is 0 Å². The van der Waals surface area contributed by atoms with E-state index < -0.39 is 48.9 Å². The Morgan fingerprint density at radius 3 is 0.824 bits per heavy atom. The van der Waals surface area contributed by atoms with E-state index in [0.717, 1.165) is 0 Å². The first-order chi connectivity index (χ1) is 23.3. The molecular formula is C26H51N9O16. The molecule has 0 rings (SSSR count). The standard InChI is InChI=1S/3C6H13N3O2.2C4H6O5/c3*1-3-11-5(10)4-9(2)6(7)8;2*5-2(4(8)9)1-3(6)7/h3*3-4H2,1-2H3,(H3,7,8);2*2,5H,1H2,(H,6,7)(H,8,9). The average molecular weight is 746 g/mol. The van der Waals surface area contributed by atoms with Gasteiger partial charge in [0.25, 0.3) is 0 Å². The molecule has 51 heavy (non-hydrogen) atoms. The maximum atomic E-state index is 10.7. The van der Waals surface area contributed by atoms with Gasteiger partial charge in [-0.25, -0.2) is 9.59 Å². The third-order valence-corrected chi connectivity index (χ3v) is 4.55. The smallest absolute Gasteiger partial charge is 0.333 e. The highest BCUT2D eigenvalue weighted by Crippen LogP contribution is 1.90. The molecule has 0 aromatic carbocycles. The number of esters is 3. The molecule has 0 saturated carbocycles. The molecule has 2 unspecified atom stereocenters. The van der Waals surface area contributed by atoms with Crippen LogP contribution in [0.5, 0.6) is 0 Å². The van der Waals surface area contributed by atoms with E-state index in [4.69, 9.17) is 64.1 Å². The minimum absolute atomic E-state index is 0.0309. The number of hydrogen-bond acceptors (Lipinski definition) is 15. The summed E-state index contributed by atoms with van der Waals surface area (Å²) in [6.45, 7) is 6.33. The van der Waals surface area contributed by atoms with Crippen molar-refractivity contribution in [3.63, 3.8) is 0 Å². The lowest BCUT2D eigenvalue weighted by Crippen LogP contribution is -2.37. The van der Waals surface area contributed by atoms with Crippen LogP contribution in [0, 0.1) is 16.2 Å². The summed E-state index contributed by atoms with van der Waals surface area (Å²) >= 11 is 0. The van der Waals surface area contributed by atoms with Gasteiger partial charge in [0.2, 0.25) is 0 Å². The van der Waals surface area contributed by atoms with Crippen molar-refractivity contribution >= 4 is 59.7 Å². The molecule has 0 aliphatic heterocycles. The number of carboxylic acid groups (broad SMARTS) is 4. The molecule has 25 heteroatoms. The summed E-state index contributed by atoms with van der Waals surface area (Å²) in [6.07, 6.45) is -5.09. The molecule has 0 bridgehead atoms. The second-order valence-corrected chi connectivity index (χ2v) is 9.04. The molecular weight excluding hydrogens is 694 g/mol. The number of aliphatic hydroxyl groups excluding tert-OH is 2. The topological polar surface area (TPSA) is 428 Å². The van der Waals surface area contributed by atoms with Crippen molar-refractivity contribution in [2.45, 2.75) is 45.8 Å². The lowest BCUT2D eigenvalue weighted by Gasteiger charge is -2.14. The van der Waals surface area contributed by atoms with Gasteiger partial charge < -0.3 is 76.8 Å². The number of nitrogens with two attached hydrogens (primary N) is 3. The van der Waals surface area contributed by atoms with E-state index in [2.05, 4.69) is 14.2 Å². The number of nitrogens with zero attached hydrogens (tertiary/aromatic N) is 3. The first kappa shape index (κ1) is 54.5. The molecule has 0 heterocycles. The van der Waals surface area contributed by atoms with E-state index in [1.54, 1.807) is 41.9 Å². The third kappa shape index (κ3) is 42.0. The summed E-state index contributed by atoms with van der Waals surface area (Å²) in [5, 5.41) is 69.1. The van der Waals surface area contributed by atoms with E-state index in [0.29, 0.717) is 19.8 Å². The monoisotopic (exact) mass is 745 g/mol. The van der Waals surface area contributed by atoms with Crippen molar-refractivity contribution in [2.24, 2.45) is 17.2 Å². The van der Waals surface area contributed by atoms with Crippen LogP contribution >= 0.6 is 0 Å². The van der Waals surface area contributed by atoms with Crippen LogP contribution in [0.2, 0.25) is 0 Å². The summed E-state index contributed by atoms with van der Waals surface area (Å²) in [6, 6.07) is 0. The quantitative estimate of drug-likeness (QED) is 0.0328. The van der Waals surface area contributed by atoms with Crippen molar-refractivity contribution in [3.05, 3.63) is 0 Å². The van der Waals surface area contributed by atoms with Crippen molar-refractivity contribution < 1.29 is 78.4 Å². The maximum Gasteiger partial charge on any atom is 0.333 e. The number of hydrogen-bond donors (Lipinski definition) is 12. The molecule has 15 N–H and O–H groups in total. The molecule has 0 aliphatic rings.